The van der Waals surface area contributed by atoms with Crippen LogP contribution in [0.1, 0.15) is 41.4 Å². The highest BCUT2D eigenvalue weighted by Gasteiger charge is 2.26. The number of hydrogen-bond donors (Lipinski definition) is 1. The Hall–Kier alpha value is -3.02. The number of carbonyl (C=O) groups excluding carboxylic acids is 2. The molecule has 0 radical (unpaired) electrons. The molecule has 6 heteroatoms. The highest BCUT2D eigenvalue weighted by molar-refractivity contribution is 6.03. The van der Waals surface area contributed by atoms with Gasteiger partial charge in [0.05, 0.1) is 26.7 Å². The van der Waals surface area contributed by atoms with Crippen molar-refractivity contribution in [1.82, 2.24) is 5.32 Å². The molecule has 142 valence electrons. The summed E-state index contributed by atoms with van der Waals surface area (Å²) in [4.78, 5) is 26.4. The number of ether oxygens (including phenoxy) is 2. The Labute approximate surface area is 159 Å². The zero-order valence-corrected chi connectivity index (χ0v) is 16.0. The average Bonchev–Trinajstić information content (AvgIpc) is 3.01. The van der Waals surface area contributed by atoms with Crippen molar-refractivity contribution in [3.63, 3.8) is 0 Å². The maximum Gasteiger partial charge on any atom is 0.251 e. The first-order chi connectivity index (χ1) is 13.0. The zero-order valence-electron chi connectivity index (χ0n) is 16.0. The van der Waals surface area contributed by atoms with Gasteiger partial charge in [-0.2, -0.15) is 0 Å². The Balaban J connectivity index is 1.76. The molecule has 0 saturated carbocycles. The second-order valence-electron chi connectivity index (χ2n) is 6.47. The standard InChI is InChI=1S/C21H24N2O4/c1-5-23-17-8-6-15(10-16(17)12-20(23)24)21(25)22-13(2)14-7-9-18(26-3)19(11-14)27-4/h6-11,13H,5,12H2,1-4H3,(H,22,25)/t13-/m0/s1. The lowest BCUT2D eigenvalue weighted by Crippen LogP contribution is -2.27. The van der Waals surface area contributed by atoms with Crippen LogP contribution in [0.25, 0.3) is 0 Å². The molecule has 2 amide bonds. The molecule has 6 nitrogen and oxygen atoms in total. The summed E-state index contributed by atoms with van der Waals surface area (Å²) in [6, 6.07) is 10.8. The van der Waals surface area contributed by atoms with Gasteiger partial charge in [0, 0.05) is 17.8 Å². The van der Waals surface area contributed by atoms with E-state index in [-0.39, 0.29) is 17.9 Å². The van der Waals surface area contributed by atoms with Crippen LogP contribution in [-0.4, -0.2) is 32.6 Å². The molecule has 2 aromatic rings. The third-order valence-electron chi connectivity index (χ3n) is 4.85. The van der Waals surface area contributed by atoms with E-state index in [0.717, 1.165) is 16.8 Å². The summed E-state index contributed by atoms with van der Waals surface area (Å²) in [5, 5.41) is 3.00. The predicted molar refractivity (Wildman–Crippen MR) is 104 cm³/mol. The minimum atomic E-state index is -0.209. The predicted octanol–water partition coefficient (Wildman–Crippen LogP) is 3.10. The van der Waals surface area contributed by atoms with Crippen LogP contribution in [0.2, 0.25) is 0 Å². The summed E-state index contributed by atoms with van der Waals surface area (Å²) in [6.45, 7) is 4.49. The first-order valence-corrected chi connectivity index (χ1v) is 8.94. The van der Waals surface area contributed by atoms with Crippen molar-refractivity contribution in [2.75, 3.05) is 25.7 Å². The molecular formula is C21H24N2O4. The van der Waals surface area contributed by atoms with Gasteiger partial charge in [0.2, 0.25) is 5.91 Å². The number of hydrogen-bond acceptors (Lipinski definition) is 4. The van der Waals surface area contributed by atoms with E-state index < -0.39 is 0 Å². The van der Waals surface area contributed by atoms with Gasteiger partial charge in [-0.1, -0.05) is 6.07 Å². The molecule has 3 rings (SSSR count). The molecule has 27 heavy (non-hydrogen) atoms. The van der Waals surface area contributed by atoms with Crippen LogP contribution < -0.4 is 19.7 Å². The number of likely N-dealkylation sites (N-methyl/N-ethyl adjacent to an activating group) is 1. The van der Waals surface area contributed by atoms with Gasteiger partial charge >= 0.3 is 0 Å². The molecule has 0 aromatic heterocycles. The van der Waals surface area contributed by atoms with Crippen LogP contribution in [0.4, 0.5) is 5.69 Å². The highest BCUT2D eigenvalue weighted by Crippen LogP contribution is 2.31. The maximum atomic E-state index is 12.7. The lowest BCUT2D eigenvalue weighted by Gasteiger charge is -2.17. The lowest BCUT2D eigenvalue weighted by atomic mass is 10.1. The number of anilines is 1. The number of methoxy groups -OCH3 is 2. The Morgan fingerprint density at radius 1 is 1.15 bits per heavy atom. The average molecular weight is 368 g/mol. The summed E-state index contributed by atoms with van der Waals surface area (Å²) in [7, 11) is 3.16. The van der Waals surface area contributed by atoms with Gasteiger partial charge in [0.15, 0.2) is 11.5 Å². The molecule has 0 spiro atoms. The van der Waals surface area contributed by atoms with Crippen LogP contribution in [0.15, 0.2) is 36.4 Å². The van der Waals surface area contributed by atoms with Gasteiger partial charge < -0.3 is 19.7 Å². The lowest BCUT2D eigenvalue weighted by molar-refractivity contribution is -0.117. The minimum Gasteiger partial charge on any atom is -0.493 e. The van der Waals surface area contributed by atoms with E-state index in [2.05, 4.69) is 5.32 Å². The molecule has 1 heterocycles. The second-order valence-corrected chi connectivity index (χ2v) is 6.47. The number of amides is 2. The minimum absolute atomic E-state index is 0.0729. The molecule has 0 unspecified atom stereocenters. The fraction of sp³-hybridized carbons (Fsp3) is 0.333. The topological polar surface area (TPSA) is 67.9 Å². The summed E-state index contributed by atoms with van der Waals surface area (Å²) >= 11 is 0. The van der Waals surface area contributed by atoms with E-state index in [9.17, 15) is 9.59 Å². The van der Waals surface area contributed by atoms with Gasteiger partial charge in [-0.25, -0.2) is 0 Å². The largest absolute Gasteiger partial charge is 0.493 e. The molecular weight excluding hydrogens is 344 g/mol. The van der Waals surface area contributed by atoms with E-state index >= 15 is 0 Å². The highest BCUT2D eigenvalue weighted by atomic mass is 16.5. The summed E-state index contributed by atoms with van der Waals surface area (Å²) in [5.74, 6) is 1.15. The van der Waals surface area contributed by atoms with Crippen molar-refractivity contribution < 1.29 is 19.1 Å². The maximum absolute atomic E-state index is 12.7. The van der Waals surface area contributed by atoms with Crippen LogP contribution >= 0.6 is 0 Å². The summed E-state index contributed by atoms with van der Waals surface area (Å²) in [6.07, 6.45) is 0.343. The molecule has 1 aliphatic heterocycles. The first-order valence-electron chi connectivity index (χ1n) is 8.94. The first kappa shape index (κ1) is 18.8. The fourth-order valence-electron chi connectivity index (χ4n) is 3.36. The van der Waals surface area contributed by atoms with Crippen LogP contribution in [0.5, 0.6) is 11.5 Å². The van der Waals surface area contributed by atoms with E-state index in [0.29, 0.717) is 30.0 Å². The van der Waals surface area contributed by atoms with Crippen molar-refractivity contribution in [3.05, 3.63) is 53.1 Å². The van der Waals surface area contributed by atoms with Gasteiger partial charge in [0.25, 0.3) is 5.91 Å². The van der Waals surface area contributed by atoms with Crippen LogP contribution in [0, 0.1) is 0 Å². The van der Waals surface area contributed by atoms with Crippen LogP contribution in [-0.2, 0) is 11.2 Å². The molecule has 0 fully saturated rings. The third kappa shape index (κ3) is 3.60. The van der Waals surface area contributed by atoms with Crippen LogP contribution in [0.3, 0.4) is 0 Å². The van der Waals surface area contributed by atoms with E-state index in [1.54, 1.807) is 31.3 Å². The summed E-state index contributed by atoms with van der Waals surface area (Å²) in [5.41, 5.74) is 3.25. The Kier molecular flexibility index (Phi) is 5.35. The molecule has 0 aliphatic carbocycles. The SMILES string of the molecule is CCN1C(=O)Cc2cc(C(=O)N[C@@H](C)c3ccc(OC)c(OC)c3)ccc21. The number of rotatable bonds is 6. The van der Waals surface area contributed by atoms with E-state index in [1.807, 2.05) is 38.1 Å². The Bertz CT molecular complexity index is 878. The fourth-order valence-corrected chi connectivity index (χ4v) is 3.36. The van der Waals surface area contributed by atoms with Crippen molar-refractivity contribution in [2.45, 2.75) is 26.3 Å². The molecule has 2 aromatic carbocycles. The molecule has 1 aliphatic rings. The van der Waals surface area contributed by atoms with Gasteiger partial charge in [-0.05, 0) is 55.3 Å². The number of carbonyl (C=O) groups is 2. The number of nitrogens with zero attached hydrogens (tertiary/aromatic N) is 1. The molecule has 0 bridgehead atoms. The number of benzene rings is 2. The van der Waals surface area contributed by atoms with Gasteiger partial charge in [-0.15, -0.1) is 0 Å². The monoisotopic (exact) mass is 368 g/mol. The third-order valence-corrected chi connectivity index (χ3v) is 4.85. The smallest absolute Gasteiger partial charge is 0.251 e. The number of fused-ring (bicyclic) bond motifs is 1. The van der Waals surface area contributed by atoms with Gasteiger partial charge in [0.1, 0.15) is 0 Å². The quantitative estimate of drug-likeness (QED) is 0.851. The van der Waals surface area contributed by atoms with Gasteiger partial charge in [-0.3, -0.25) is 9.59 Å². The molecule has 1 N–H and O–H groups in total. The summed E-state index contributed by atoms with van der Waals surface area (Å²) < 4.78 is 10.6. The zero-order chi connectivity index (χ0) is 19.6. The molecule has 1 atom stereocenters. The van der Waals surface area contributed by atoms with Crippen molar-refractivity contribution in [2.24, 2.45) is 0 Å². The molecule has 0 saturated heterocycles. The van der Waals surface area contributed by atoms with Crippen molar-refractivity contribution in [3.8, 4) is 11.5 Å². The van der Waals surface area contributed by atoms with Crippen molar-refractivity contribution >= 4 is 17.5 Å². The second kappa shape index (κ2) is 7.70. The van der Waals surface area contributed by atoms with E-state index in [4.69, 9.17) is 9.47 Å². The van der Waals surface area contributed by atoms with Crippen molar-refractivity contribution in [1.29, 1.82) is 0 Å². The Morgan fingerprint density at radius 3 is 2.56 bits per heavy atom. The Morgan fingerprint density at radius 2 is 1.89 bits per heavy atom. The number of nitrogens with one attached hydrogen (secondary N) is 1. The van der Waals surface area contributed by atoms with E-state index in [1.165, 1.54) is 0 Å². The normalized spacial score (nSPS) is 13.9.